The minimum absolute atomic E-state index is 0.0371. The van der Waals surface area contributed by atoms with E-state index in [2.05, 4.69) is 15.4 Å². The molecule has 1 aliphatic heterocycles. The number of carbonyl (C=O) groups excluding carboxylic acids is 1. The second-order valence-electron chi connectivity index (χ2n) is 6.66. The van der Waals surface area contributed by atoms with Crippen LogP contribution in [0.5, 0.6) is 0 Å². The van der Waals surface area contributed by atoms with Crippen LogP contribution in [0.2, 0.25) is 0 Å². The summed E-state index contributed by atoms with van der Waals surface area (Å²) in [5, 5.41) is 6.98. The van der Waals surface area contributed by atoms with Crippen LogP contribution in [0.3, 0.4) is 0 Å². The van der Waals surface area contributed by atoms with Crippen LogP contribution in [-0.4, -0.2) is 25.2 Å². The van der Waals surface area contributed by atoms with Gasteiger partial charge in [0.2, 0.25) is 0 Å². The third-order valence-electron chi connectivity index (χ3n) is 4.73. The van der Waals surface area contributed by atoms with Crippen molar-refractivity contribution in [3.05, 3.63) is 50.1 Å². The molecule has 3 heterocycles. The van der Waals surface area contributed by atoms with Crippen LogP contribution in [0.25, 0.3) is 0 Å². The van der Waals surface area contributed by atoms with Crippen molar-refractivity contribution in [1.29, 1.82) is 0 Å². The van der Waals surface area contributed by atoms with Gasteiger partial charge in [-0.05, 0) is 31.7 Å². The summed E-state index contributed by atoms with van der Waals surface area (Å²) in [5.74, 6) is -0.363. The maximum atomic E-state index is 12.3. The largest absolute Gasteiger partial charge is 0.346 e. The van der Waals surface area contributed by atoms with Crippen LogP contribution in [0.1, 0.15) is 59.5 Å². The summed E-state index contributed by atoms with van der Waals surface area (Å²) in [7, 11) is 0. The highest BCUT2D eigenvalue weighted by atomic mass is 16.2. The molecular weight excluding hydrogens is 324 g/mol. The van der Waals surface area contributed by atoms with Crippen LogP contribution >= 0.6 is 0 Å². The molecule has 0 aromatic carbocycles. The lowest BCUT2D eigenvalue weighted by atomic mass is 10.1. The SMILES string of the molecule is NC1CCCn2nc(C(=O)NCc3cn(C4CC4)c(=O)[nH]c3=O)cc21. The number of amides is 1. The van der Waals surface area contributed by atoms with Crippen LogP contribution in [0.15, 0.2) is 21.9 Å². The summed E-state index contributed by atoms with van der Waals surface area (Å²) in [4.78, 5) is 38.3. The van der Waals surface area contributed by atoms with Gasteiger partial charge in [0.1, 0.15) is 0 Å². The molecule has 0 spiro atoms. The van der Waals surface area contributed by atoms with E-state index in [1.54, 1.807) is 10.7 Å². The summed E-state index contributed by atoms with van der Waals surface area (Å²) >= 11 is 0. The Hall–Kier alpha value is -2.68. The number of nitrogens with one attached hydrogen (secondary N) is 2. The Morgan fingerprint density at radius 2 is 2.16 bits per heavy atom. The summed E-state index contributed by atoms with van der Waals surface area (Å²) in [6, 6.07) is 1.75. The molecule has 4 N–H and O–H groups in total. The van der Waals surface area contributed by atoms with Gasteiger partial charge in [0.05, 0.1) is 17.8 Å². The number of nitrogens with two attached hydrogens (primary N) is 1. The predicted molar refractivity (Wildman–Crippen MR) is 89.2 cm³/mol. The molecule has 2 aromatic heterocycles. The van der Waals surface area contributed by atoms with E-state index in [-0.39, 0.29) is 24.5 Å². The quantitative estimate of drug-likeness (QED) is 0.707. The molecular formula is C16H20N6O3. The molecule has 1 atom stereocenters. The van der Waals surface area contributed by atoms with E-state index in [9.17, 15) is 14.4 Å². The second kappa shape index (κ2) is 5.99. The Morgan fingerprint density at radius 3 is 2.88 bits per heavy atom. The Bertz CT molecular complexity index is 936. The summed E-state index contributed by atoms with van der Waals surface area (Å²) in [6.07, 6.45) is 5.21. The normalized spacial score (nSPS) is 19.5. The van der Waals surface area contributed by atoms with Gasteiger partial charge < -0.3 is 11.1 Å². The van der Waals surface area contributed by atoms with Crippen molar-refractivity contribution in [2.24, 2.45) is 5.73 Å². The van der Waals surface area contributed by atoms with Gasteiger partial charge >= 0.3 is 5.69 Å². The zero-order valence-electron chi connectivity index (χ0n) is 13.7. The van der Waals surface area contributed by atoms with Gasteiger partial charge in [-0.2, -0.15) is 5.10 Å². The zero-order valence-corrected chi connectivity index (χ0v) is 13.7. The third-order valence-corrected chi connectivity index (χ3v) is 4.73. The van der Waals surface area contributed by atoms with E-state index in [4.69, 9.17) is 5.73 Å². The number of hydrogen-bond acceptors (Lipinski definition) is 5. The number of aryl methyl sites for hydroxylation is 1. The standard InChI is InChI=1S/C16H20N6O3/c17-11-2-1-5-22-13(11)6-12(20-22)15(24)18-7-9-8-21(10-3-4-10)16(25)19-14(9)23/h6,8,10-11H,1-5,7,17H2,(H,18,24)(H,19,23,25). The Labute approximate surface area is 142 Å². The molecule has 9 nitrogen and oxygen atoms in total. The molecule has 0 bridgehead atoms. The van der Waals surface area contributed by atoms with Gasteiger partial charge in [0.15, 0.2) is 5.69 Å². The first-order valence-corrected chi connectivity index (χ1v) is 8.49. The number of nitrogens with zero attached hydrogens (tertiary/aromatic N) is 3. The summed E-state index contributed by atoms with van der Waals surface area (Å²) < 4.78 is 3.29. The molecule has 2 aromatic rings. The fourth-order valence-corrected chi connectivity index (χ4v) is 3.17. The van der Waals surface area contributed by atoms with Crippen LogP contribution in [0, 0.1) is 0 Å². The highest BCUT2D eigenvalue weighted by Gasteiger charge is 2.25. The van der Waals surface area contributed by atoms with Crippen molar-refractivity contribution in [2.75, 3.05) is 0 Å². The molecule has 1 aliphatic carbocycles. The molecule has 132 valence electrons. The van der Waals surface area contributed by atoms with Crippen molar-refractivity contribution in [3.63, 3.8) is 0 Å². The van der Waals surface area contributed by atoms with Crippen LogP contribution in [0.4, 0.5) is 0 Å². The van der Waals surface area contributed by atoms with Gasteiger partial charge in [-0.3, -0.25) is 23.8 Å². The molecule has 4 rings (SSSR count). The van der Waals surface area contributed by atoms with E-state index in [0.29, 0.717) is 11.3 Å². The minimum Gasteiger partial charge on any atom is -0.346 e. The van der Waals surface area contributed by atoms with Crippen molar-refractivity contribution >= 4 is 5.91 Å². The molecule has 9 heteroatoms. The molecule has 25 heavy (non-hydrogen) atoms. The highest BCUT2D eigenvalue weighted by molar-refractivity contribution is 5.92. The van der Waals surface area contributed by atoms with Crippen molar-refractivity contribution in [1.82, 2.24) is 24.6 Å². The lowest BCUT2D eigenvalue weighted by molar-refractivity contribution is 0.0944. The first kappa shape index (κ1) is 15.8. The second-order valence-corrected chi connectivity index (χ2v) is 6.66. The van der Waals surface area contributed by atoms with E-state index in [1.165, 1.54) is 10.8 Å². The average Bonchev–Trinajstić information content (AvgIpc) is 3.32. The minimum atomic E-state index is -0.478. The fourth-order valence-electron chi connectivity index (χ4n) is 3.17. The lowest BCUT2D eigenvalue weighted by Crippen LogP contribution is -2.34. The van der Waals surface area contributed by atoms with Gasteiger partial charge in [-0.25, -0.2) is 4.79 Å². The first-order valence-electron chi connectivity index (χ1n) is 8.49. The van der Waals surface area contributed by atoms with Crippen molar-refractivity contribution < 1.29 is 4.79 Å². The monoisotopic (exact) mass is 344 g/mol. The number of carbonyl (C=O) groups is 1. The lowest BCUT2D eigenvalue weighted by Gasteiger charge is -2.19. The number of aromatic nitrogens is 4. The van der Waals surface area contributed by atoms with Crippen LogP contribution < -0.4 is 22.3 Å². The summed E-state index contributed by atoms with van der Waals surface area (Å²) in [6.45, 7) is 0.789. The van der Waals surface area contributed by atoms with E-state index >= 15 is 0 Å². The third kappa shape index (κ3) is 3.02. The van der Waals surface area contributed by atoms with Gasteiger partial charge in [-0.1, -0.05) is 0 Å². The van der Waals surface area contributed by atoms with Gasteiger partial charge in [0, 0.05) is 24.8 Å². The number of fused-ring (bicyclic) bond motifs is 1. The highest BCUT2D eigenvalue weighted by Crippen LogP contribution is 2.33. The predicted octanol–water partition coefficient (Wildman–Crippen LogP) is -0.208. The summed E-state index contributed by atoms with van der Waals surface area (Å²) in [5.41, 5.74) is 6.65. The molecule has 1 saturated carbocycles. The zero-order chi connectivity index (χ0) is 17.6. The number of hydrogen-bond donors (Lipinski definition) is 3. The Morgan fingerprint density at radius 1 is 1.36 bits per heavy atom. The number of aromatic amines is 1. The van der Waals surface area contributed by atoms with E-state index in [1.807, 2.05) is 0 Å². The topological polar surface area (TPSA) is 128 Å². The maximum Gasteiger partial charge on any atom is 0.328 e. The molecule has 1 fully saturated rings. The Balaban J connectivity index is 1.50. The van der Waals surface area contributed by atoms with E-state index in [0.717, 1.165) is 37.9 Å². The molecule has 2 aliphatic rings. The fraction of sp³-hybridized carbons (Fsp3) is 0.500. The number of H-pyrrole nitrogens is 1. The average molecular weight is 344 g/mol. The van der Waals surface area contributed by atoms with Crippen molar-refractivity contribution in [2.45, 2.75) is 50.9 Å². The Kier molecular flexibility index (Phi) is 3.79. The van der Waals surface area contributed by atoms with Crippen molar-refractivity contribution in [3.8, 4) is 0 Å². The first-order chi connectivity index (χ1) is 12.0. The molecule has 0 saturated heterocycles. The van der Waals surface area contributed by atoms with Gasteiger partial charge in [-0.15, -0.1) is 0 Å². The smallest absolute Gasteiger partial charge is 0.328 e. The molecule has 1 unspecified atom stereocenters. The van der Waals surface area contributed by atoms with Gasteiger partial charge in [0.25, 0.3) is 11.5 Å². The van der Waals surface area contributed by atoms with Crippen LogP contribution in [-0.2, 0) is 13.1 Å². The van der Waals surface area contributed by atoms with E-state index < -0.39 is 11.2 Å². The maximum absolute atomic E-state index is 12.3. The molecule has 0 radical (unpaired) electrons. The number of rotatable bonds is 4. The molecule has 1 amide bonds.